The van der Waals surface area contributed by atoms with Crippen LogP contribution in [0.25, 0.3) is 0 Å². The molecule has 0 aliphatic heterocycles. The molecule has 1 saturated carbocycles. The zero-order valence-corrected chi connectivity index (χ0v) is 7.84. The maximum atomic E-state index is 10.7. The van der Waals surface area contributed by atoms with E-state index in [2.05, 4.69) is 12.2 Å². The molecule has 12 heavy (non-hydrogen) atoms. The third kappa shape index (κ3) is 2.48. The summed E-state index contributed by atoms with van der Waals surface area (Å²) in [5.41, 5.74) is 5.15. The van der Waals surface area contributed by atoms with E-state index in [1.54, 1.807) is 0 Å². The van der Waals surface area contributed by atoms with E-state index in [-0.39, 0.29) is 11.9 Å². The number of carbonyl (C=O) groups is 1. The molecular weight excluding hydrogens is 152 g/mol. The summed E-state index contributed by atoms with van der Waals surface area (Å²) in [6.45, 7) is 4.07. The number of primary amides is 1. The molecule has 3 nitrogen and oxygen atoms in total. The Balaban J connectivity index is 2.27. The van der Waals surface area contributed by atoms with E-state index in [1.807, 2.05) is 6.92 Å². The number of amides is 1. The van der Waals surface area contributed by atoms with Gasteiger partial charge in [0.15, 0.2) is 0 Å². The molecule has 0 heterocycles. The van der Waals surface area contributed by atoms with Crippen molar-refractivity contribution in [1.29, 1.82) is 0 Å². The molecule has 1 rings (SSSR count). The Bertz CT molecular complexity index is 170. The van der Waals surface area contributed by atoms with Gasteiger partial charge in [0.1, 0.15) is 0 Å². The first-order chi connectivity index (χ1) is 5.59. The van der Waals surface area contributed by atoms with E-state index >= 15 is 0 Å². The molecule has 1 amide bonds. The van der Waals surface area contributed by atoms with Crippen LogP contribution in [-0.4, -0.2) is 18.0 Å². The molecule has 1 aliphatic carbocycles. The average Bonchev–Trinajstić information content (AvgIpc) is 2.35. The van der Waals surface area contributed by atoms with E-state index in [0.29, 0.717) is 6.04 Å². The van der Waals surface area contributed by atoms with Gasteiger partial charge in [0.25, 0.3) is 0 Å². The largest absolute Gasteiger partial charge is 0.368 e. The Morgan fingerprint density at radius 1 is 1.58 bits per heavy atom. The molecule has 0 bridgehead atoms. The highest BCUT2D eigenvalue weighted by atomic mass is 16.1. The van der Waals surface area contributed by atoms with Gasteiger partial charge in [-0.3, -0.25) is 4.79 Å². The van der Waals surface area contributed by atoms with Crippen molar-refractivity contribution in [2.45, 2.75) is 45.2 Å². The van der Waals surface area contributed by atoms with Crippen LogP contribution < -0.4 is 11.1 Å². The smallest absolute Gasteiger partial charge is 0.234 e. The van der Waals surface area contributed by atoms with E-state index in [1.165, 1.54) is 19.3 Å². The van der Waals surface area contributed by atoms with E-state index in [9.17, 15) is 4.79 Å². The first-order valence-corrected chi connectivity index (χ1v) is 4.65. The highest BCUT2D eigenvalue weighted by molar-refractivity contribution is 5.79. The maximum absolute atomic E-state index is 10.7. The summed E-state index contributed by atoms with van der Waals surface area (Å²) in [6, 6.07) is 0.322. The lowest BCUT2D eigenvalue weighted by atomic mass is 10.1. The first-order valence-electron chi connectivity index (χ1n) is 4.65. The number of nitrogens with one attached hydrogen (secondary N) is 1. The predicted molar refractivity (Wildman–Crippen MR) is 48.6 cm³/mol. The molecule has 0 aromatic rings. The fourth-order valence-corrected chi connectivity index (χ4v) is 1.79. The molecule has 0 aromatic heterocycles. The monoisotopic (exact) mass is 170 g/mol. The highest BCUT2D eigenvalue weighted by Crippen LogP contribution is 2.24. The van der Waals surface area contributed by atoms with Crippen molar-refractivity contribution in [3.63, 3.8) is 0 Å². The maximum Gasteiger partial charge on any atom is 0.234 e. The lowest BCUT2D eigenvalue weighted by Gasteiger charge is -2.16. The molecule has 3 atom stereocenters. The van der Waals surface area contributed by atoms with Crippen molar-refractivity contribution >= 4 is 5.91 Å². The highest BCUT2D eigenvalue weighted by Gasteiger charge is 2.23. The molecule has 1 fully saturated rings. The first kappa shape index (κ1) is 9.52. The van der Waals surface area contributed by atoms with Gasteiger partial charge in [0.2, 0.25) is 5.91 Å². The molecule has 0 spiro atoms. The number of hydrogen-bond donors (Lipinski definition) is 2. The summed E-state index contributed by atoms with van der Waals surface area (Å²) in [7, 11) is 0. The van der Waals surface area contributed by atoms with Crippen LogP contribution >= 0.6 is 0 Å². The second kappa shape index (κ2) is 3.90. The molecule has 3 unspecified atom stereocenters. The number of rotatable bonds is 3. The topological polar surface area (TPSA) is 55.1 Å². The summed E-state index contributed by atoms with van der Waals surface area (Å²) < 4.78 is 0. The van der Waals surface area contributed by atoms with Crippen LogP contribution in [-0.2, 0) is 4.79 Å². The zero-order chi connectivity index (χ0) is 9.14. The molecular formula is C9H18N2O. The van der Waals surface area contributed by atoms with Gasteiger partial charge in [-0.05, 0) is 32.1 Å². The third-order valence-corrected chi connectivity index (χ3v) is 2.61. The molecule has 0 saturated heterocycles. The Labute approximate surface area is 73.7 Å². The Hall–Kier alpha value is -0.570. The Kier molecular flexibility index (Phi) is 3.09. The van der Waals surface area contributed by atoms with Gasteiger partial charge in [0, 0.05) is 6.04 Å². The van der Waals surface area contributed by atoms with Gasteiger partial charge >= 0.3 is 0 Å². The van der Waals surface area contributed by atoms with Crippen molar-refractivity contribution < 1.29 is 4.79 Å². The van der Waals surface area contributed by atoms with Gasteiger partial charge in [-0.1, -0.05) is 6.92 Å². The van der Waals surface area contributed by atoms with Crippen LogP contribution in [0.5, 0.6) is 0 Å². The minimum atomic E-state index is -0.255. The van der Waals surface area contributed by atoms with Crippen molar-refractivity contribution in [3.8, 4) is 0 Å². The van der Waals surface area contributed by atoms with Crippen molar-refractivity contribution in [2.75, 3.05) is 0 Å². The molecule has 0 radical (unpaired) electrons. The summed E-state index contributed by atoms with van der Waals surface area (Å²) in [5.74, 6) is 0.539. The molecule has 1 aliphatic rings. The van der Waals surface area contributed by atoms with Gasteiger partial charge < -0.3 is 11.1 Å². The van der Waals surface area contributed by atoms with Gasteiger partial charge in [0.05, 0.1) is 6.04 Å². The Morgan fingerprint density at radius 3 is 2.67 bits per heavy atom. The molecule has 0 aromatic carbocycles. The van der Waals surface area contributed by atoms with Crippen molar-refractivity contribution in [2.24, 2.45) is 11.7 Å². The summed E-state index contributed by atoms with van der Waals surface area (Å²) in [4.78, 5) is 10.7. The summed E-state index contributed by atoms with van der Waals surface area (Å²) in [6.07, 6.45) is 3.62. The molecule has 70 valence electrons. The summed E-state index contributed by atoms with van der Waals surface area (Å²) in [5, 5.41) is 3.23. The number of carbonyl (C=O) groups excluding carboxylic acids is 1. The van der Waals surface area contributed by atoms with Crippen LogP contribution in [0.1, 0.15) is 33.1 Å². The van der Waals surface area contributed by atoms with Crippen LogP contribution in [0.15, 0.2) is 0 Å². The lowest BCUT2D eigenvalue weighted by molar-refractivity contribution is -0.119. The zero-order valence-electron chi connectivity index (χ0n) is 7.84. The molecule has 3 heteroatoms. The minimum Gasteiger partial charge on any atom is -0.368 e. The lowest BCUT2D eigenvalue weighted by Crippen LogP contribution is -2.43. The van der Waals surface area contributed by atoms with E-state index < -0.39 is 0 Å². The second-order valence-corrected chi connectivity index (χ2v) is 3.91. The second-order valence-electron chi connectivity index (χ2n) is 3.91. The fourth-order valence-electron chi connectivity index (χ4n) is 1.79. The van der Waals surface area contributed by atoms with Gasteiger partial charge in [-0.2, -0.15) is 0 Å². The van der Waals surface area contributed by atoms with Gasteiger partial charge in [-0.25, -0.2) is 0 Å². The number of nitrogens with two attached hydrogens (primary N) is 1. The van der Waals surface area contributed by atoms with Gasteiger partial charge in [-0.15, -0.1) is 0 Å². The standard InChI is InChI=1S/C9H18N2O/c1-6-3-4-8(5-6)11-7(2)9(10)12/h6-8,11H,3-5H2,1-2H3,(H2,10,12). The quantitative estimate of drug-likeness (QED) is 0.653. The van der Waals surface area contributed by atoms with E-state index in [4.69, 9.17) is 5.73 Å². The predicted octanol–water partition coefficient (Wildman–Crippen LogP) is 0.638. The number of hydrogen-bond acceptors (Lipinski definition) is 2. The molecule has 3 N–H and O–H groups in total. The fraction of sp³-hybridized carbons (Fsp3) is 0.889. The SMILES string of the molecule is CC1CCC(NC(C)C(N)=O)C1. The van der Waals surface area contributed by atoms with E-state index in [0.717, 1.165) is 5.92 Å². The van der Waals surface area contributed by atoms with Crippen LogP contribution in [0, 0.1) is 5.92 Å². The van der Waals surface area contributed by atoms with Crippen molar-refractivity contribution in [3.05, 3.63) is 0 Å². The van der Waals surface area contributed by atoms with Crippen LogP contribution in [0.4, 0.5) is 0 Å². The summed E-state index contributed by atoms with van der Waals surface area (Å²) >= 11 is 0. The third-order valence-electron chi connectivity index (χ3n) is 2.61. The van der Waals surface area contributed by atoms with Crippen molar-refractivity contribution in [1.82, 2.24) is 5.32 Å². The minimum absolute atomic E-state index is 0.180. The normalized spacial score (nSPS) is 31.8. The average molecular weight is 170 g/mol. The van der Waals surface area contributed by atoms with Crippen LogP contribution in [0.3, 0.4) is 0 Å². The Morgan fingerprint density at radius 2 is 2.25 bits per heavy atom. The van der Waals surface area contributed by atoms with Crippen LogP contribution in [0.2, 0.25) is 0 Å².